The van der Waals surface area contributed by atoms with Gasteiger partial charge in [0.2, 0.25) is 5.91 Å². The third-order valence-corrected chi connectivity index (χ3v) is 5.30. The van der Waals surface area contributed by atoms with Gasteiger partial charge in [0.05, 0.1) is 10.7 Å². The number of aryl methyl sites for hydroxylation is 2. The topological polar surface area (TPSA) is 42.0 Å². The second kappa shape index (κ2) is 6.21. The van der Waals surface area contributed by atoms with Crippen LogP contribution in [0.2, 0.25) is 0 Å². The standard InChI is InChI=1S/C18H22N2OS/c1-11(2)13-4-7-15(8-5-13)20-18(21)14-6-9-16-17(10-14)22-12(3)19-16/h4-5,7-8,11,14H,6,9-10H2,1-3H3,(H,20,21). The van der Waals surface area contributed by atoms with E-state index in [1.165, 1.54) is 16.1 Å². The molecule has 3 nitrogen and oxygen atoms in total. The molecule has 1 amide bonds. The second-order valence-corrected chi connectivity index (χ2v) is 7.60. The minimum atomic E-state index is 0.0668. The quantitative estimate of drug-likeness (QED) is 0.917. The predicted molar refractivity (Wildman–Crippen MR) is 91.5 cm³/mol. The van der Waals surface area contributed by atoms with E-state index in [0.29, 0.717) is 5.92 Å². The fourth-order valence-electron chi connectivity index (χ4n) is 2.92. The van der Waals surface area contributed by atoms with Gasteiger partial charge < -0.3 is 5.32 Å². The zero-order valence-corrected chi connectivity index (χ0v) is 14.2. The van der Waals surface area contributed by atoms with Crippen LogP contribution in [0.5, 0.6) is 0 Å². The van der Waals surface area contributed by atoms with Crippen molar-refractivity contribution in [3.63, 3.8) is 0 Å². The van der Waals surface area contributed by atoms with Crippen molar-refractivity contribution in [1.29, 1.82) is 0 Å². The molecule has 1 aromatic carbocycles. The van der Waals surface area contributed by atoms with Gasteiger partial charge in [-0.2, -0.15) is 0 Å². The first-order chi connectivity index (χ1) is 10.5. The minimum Gasteiger partial charge on any atom is -0.326 e. The maximum absolute atomic E-state index is 12.5. The van der Waals surface area contributed by atoms with E-state index in [1.54, 1.807) is 11.3 Å². The van der Waals surface area contributed by atoms with Gasteiger partial charge in [-0.1, -0.05) is 26.0 Å². The number of aromatic nitrogens is 1. The van der Waals surface area contributed by atoms with Gasteiger partial charge >= 0.3 is 0 Å². The molecule has 1 aromatic heterocycles. The zero-order valence-electron chi connectivity index (χ0n) is 13.3. The molecule has 0 fully saturated rings. The molecular formula is C18H22N2OS. The number of nitrogens with one attached hydrogen (secondary N) is 1. The van der Waals surface area contributed by atoms with Crippen molar-refractivity contribution in [2.24, 2.45) is 5.92 Å². The van der Waals surface area contributed by atoms with Crippen LogP contribution in [0.4, 0.5) is 5.69 Å². The van der Waals surface area contributed by atoms with Gasteiger partial charge in [-0.3, -0.25) is 4.79 Å². The summed E-state index contributed by atoms with van der Waals surface area (Å²) in [5.41, 5.74) is 3.38. The number of rotatable bonds is 3. The molecule has 1 atom stereocenters. The van der Waals surface area contributed by atoms with Gasteiger partial charge in [0, 0.05) is 16.5 Å². The van der Waals surface area contributed by atoms with E-state index in [1.807, 2.05) is 19.1 Å². The van der Waals surface area contributed by atoms with Crippen LogP contribution in [0.15, 0.2) is 24.3 Å². The van der Waals surface area contributed by atoms with Crippen molar-refractivity contribution >= 4 is 22.9 Å². The molecule has 3 rings (SSSR count). The number of benzene rings is 1. The van der Waals surface area contributed by atoms with Gasteiger partial charge in [-0.15, -0.1) is 11.3 Å². The number of thiazole rings is 1. The normalized spacial score (nSPS) is 17.4. The maximum atomic E-state index is 12.5. The summed E-state index contributed by atoms with van der Waals surface area (Å²) in [6, 6.07) is 8.17. The fraction of sp³-hybridized carbons (Fsp3) is 0.444. The number of nitrogens with zero attached hydrogens (tertiary/aromatic N) is 1. The molecule has 1 N–H and O–H groups in total. The number of carbonyl (C=O) groups is 1. The molecular weight excluding hydrogens is 292 g/mol. The molecule has 0 spiro atoms. The lowest BCUT2D eigenvalue weighted by Gasteiger charge is -2.20. The highest BCUT2D eigenvalue weighted by atomic mass is 32.1. The second-order valence-electron chi connectivity index (χ2n) is 6.31. The maximum Gasteiger partial charge on any atom is 0.227 e. The summed E-state index contributed by atoms with van der Waals surface area (Å²) in [5.74, 6) is 0.710. The van der Waals surface area contributed by atoms with Crippen molar-refractivity contribution in [1.82, 2.24) is 4.98 Å². The lowest BCUT2D eigenvalue weighted by atomic mass is 9.90. The summed E-state index contributed by atoms with van der Waals surface area (Å²) in [5, 5.41) is 4.17. The SMILES string of the molecule is Cc1nc2c(s1)CC(C(=O)Nc1ccc(C(C)C)cc1)CC2. The van der Waals surface area contributed by atoms with Crippen LogP contribution >= 0.6 is 11.3 Å². The average Bonchev–Trinajstić information content (AvgIpc) is 2.86. The first-order valence-electron chi connectivity index (χ1n) is 7.89. The first-order valence-corrected chi connectivity index (χ1v) is 8.70. The summed E-state index contributed by atoms with van der Waals surface area (Å²) < 4.78 is 0. The summed E-state index contributed by atoms with van der Waals surface area (Å²) in [6.07, 6.45) is 2.65. The van der Waals surface area contributed by atoms with Gasteiger partial charge in [0.15, 0.2) is 0 Å². The molecule has 1 heterocycles. The highest BCUT2D eigenvalue weighted by Gasteiger charge is 2.27. The Morgan fingerprint density at radius 2 is 2.05 bits per heavy atom. The summed E-state index contributed by atoms with van der Waals surface area (Å²) in [7, 11) is 0. The molecule has 0 aliphatic heterocycles. The highest BCUT2D eigenvalue weighted by molar-refractivity contribution is 7.11. The van der Waals surface area contributed by atoms with E-state index in [-0.39, 0.29) is 11.8 Å². The van der Waals surface area contributed by atoms with E-state index in [9.17, 15) is 4.79 Å². The summed E-state index contributed by atoms with van der Waals surface area (Å²) >= 11 is 1.73. The molecule has 116 valence electrons. The van der Waals surface area contributed by atoms with Gasteiger partial charge in [0.1, 0.15) is 0 Å². The lowest BCUT2D eigenvalue weighted by molar-refractivity contribution is -0.120. The molecule has 0 radical (unpaired) electrons. The summed E-state index contributed by atoms with van der Waals surface area (Å²) in [6.45, 7) is 6.38. The van der Waals surface area contributed by atoms with Crippen LogP contribution in [0.3, 0.4) is 0 Å². The zero-order chi connectivity index (χ0) is 15.7. The smallest absolute Gasteiger partial charge is 0.227 e. The minimum absolute atomic E-state index is 0.0668. The predicted octanol–water partition coefficient (Wildman–Crippen LogP) is 4.32. The largest absolute Gasteiger partial charge is 0.326 e. The number of fused-ring (bicyclic) bond motifs is 1. The number of amides is 1. The molecule has 0 saturated heterocycles. The van der Waals surface area contributed by atoms with Gasteiger partial charge in [0.25, 0.3) is 0 Å². The van der Waals surface area contributed by atoms with Crippen molar-refractivity contribution in [2.75, 3.05) is 5.32 Å². The van der Waals surface area contributed by atoms with Crippen molar-refractivity contribution in [3.05, 3.63) is 45.4 Å². The van der Waals surface area contributed by atoms with E-state index in [2.05, 4.69) is 36.3 Å². The van der Waals surface area contributed by atoms with Crippen LogP contribution < -0.4 is 5.32 Å². The van der Waals surface area contributed by atoms with Crippen LogP contribution in [0.1, 0.15) is 47.3 Å². The lowest BCUT2D eigenvalue weighted by Crippen LogP contribution is -2.27. The highest BCUT2D eigenvalue weighted by Crippen LogP contribution is 2.30. The molecule has 1 aliphatic carbocycles. The first kappa shape index (κ1) is 15.2. The van der Waals surface area contributed by atoms with Crippen molar-refractivity contribution in [3.8, 4) is 0 Å². The van der Waals surface area contributed by atoms with E-state index >= 15 is 0 Å². The van der Waals surface area contributed by atoms with E-state index < -0.39 is 0 Å². The van der Waals surface area contributed by atoms with Crippen LogP contribution in [-0.4, -0.2) is 10.9 Å². The van der Waals surface area contributed by atoms with Gasteiger partial charge in [-0.25, -0.2) is 4.98 Å². The van der Waals surface area contributed by atoms with Crippen LogP contribution in [0, 0.1) is 12.8 Å². The number of carbonyl (C=O) groups excluding carboxylic acids is 1. The molecule has 1 unspecified atom stereocenters. The Morgan fingerprint density at radius 1 is 1.32 bits per heavy atom. The van der Waals surface area contributed by atoms with Crippen LogP contribution in [-0.2, 0) is 17.6 Å². The van der Waals surface area contributed by atoms with Crippen molar-refractivity contribution in [2.45, 2.75) is 46.0 Å². The van der Waals surface area contributed by atoms with E-state index in [4.69, 9.17) is 0 Å². The Hall–Kier alpha value is -1.68. The average molecular weight is 314 g/mol. The number of anilines is 1. The van der Waals surface area contributed by atoms with Crippen molar-refractivity contribution < 1.29 is 4.79 Å². The number of hydrogen-bond acceptors (Lipinski definition) is 3. The molecule has 4 heteroatoms. The molecule has 0 saturated carbocycles. The monoisotopic (exact) mass is 314 g/mol. The Balaban J connectivity index is 1.65. The van der Waals surface area contributed by atoms with E-state index in [0.717, 1.165) is 30.0 Å². The van der Waals surface area contributed by atoms with Crippen LogP contribution in [0.25, 0.3) is 0 Å². The molecule has 1 aliphatic rings. The Labute approximate surface area is 135 Å². The molecule has 2 aromatic rings. The Bertz CT molecular complexity index is 673. The third kappa shape index (κ3) is 3.22. The molecule has 0 bridgehead atoms. The van der Waals surface area contributed by atoms with Gasteiger partial charge in [-0.05, 0) is 49.8 Å². The fourth-order valence-corrected chi connectivity index (χ4v) is 3.99. The Morgan fingerprint density at radius 3 is 2.73 bits per heavy atom. The Kier molecular flexibility index (Phi) is 4.30. The summed E-state index contributed by atoms with van der Waals surface area (Å²) in [4.78, 5) is 18.3. The third-order valence-electron chi connectivity index (χ3n) is 4.26. The molecule has 22 heavy (non-hydrogen) atoms. The number of hydrogen-bond donors (Lipinski definition) is 1.